The van der Waals surface area contributed by atoms with E-state index in [-0.39, 0.29) is 13.2 Å². The lowest BCUT2D eigenvalue weighted by Crippen LogP contribution is -2.47. The summed E-state index contributed by atoms with van der Waals surface area (Å²) < 4.78 is 31.8. The van der Waals surface area contributed by atoms with Gasteiger partial charge in [0.1, 0.15) is 6.04 Å². The second-order valence-corrected chi connectivity index (χ2v) is 7.01. The number of ether oxygens (including phenoxy) is 1. The van der Waals surface area contributed by atoms with Gasteiger partial charge in [-0.25, -0.2) is 8.42 Å². The van der Waals surface area contributed by atoms with Gasteiger partial charge in [0.25, 0.3) is 0 Å². The van der Waals surface area contributed by atoms with Crippen LogP contribution in [0.1, 0.15) is 17.5 Å². The third-order valence-corrected chi connectivity index (χ3v) is 5.81. The molecule has 5 nitrogen and oxygen atoms in total. The Bertz CT molecular complexity index is 663. The summed E-state index contributed by atoms with van der Waals surface area (Å²) in [6.07, 6.45) is 3.04. The highest BCUT2D eigenvalue weighted by Crippen LogP contribution is 2.27. The lowest BCUT2D eigenvalue weighted by atomic mass is 10.1. The van der Waals surface area contributed by atoms with Crippen molar-refractivity contribution >= 4 is 10.0 Å². The van der Waals surface area contributed by atoms with E-state index in [0.29, 0.717) is 11.5 Å². The molecule has 0 bridgehead atoms. The van der Waals surface area contributed by atoms with Crippen LogP contribution < -0.4 is 0 Å². The summed E-state index contributed by atoms with van der Waals surface area (Å²) in [4.78, 5) is 0.292. The zero-order valence-corrected chi connectivity index (χ0v) is 11.9. The van der Waals surface area contributed by atoms with Crippen LogP contribution in [0.4, 0.5) is 0 Å². The van der Waals surface area contributed by atoms with E-state index in [4.69, 9.17) is 10.00 Å². The van der Waals surface area contributed by atoms with Crippen LogP contribution in [-0.4, -0.2) is 38.5 Å². The summed E-state index contributed by atoms with van der Waals surface area (Å²) in [6, 6.07) is 6.59. The Hall–Kier alpha value is -1.42. The molecule has 0 aromatic heterocycles. The van der Waals surface area contributed by atoms with Gasteiger partial charge in [-0.3, -0.25) is 0 Å². The van der Waals surface area contributed by atoms with Gasteiger partial charge in [0.2, 0.25) is 10.0 Å². The van der Waals surface area contributed by atoms with Crippen LogP contribution in [0.5, 0.6) is 0 Å². The molecule has 6 heteroatoms. The summed E-state index contributed by atoms with van der Waals surface area (Å²) in [6.45, 7) is 0.709. The number of aryl methyl sites for hydroxylation is 2. The summed E-state index contributed by atoms with van der Waals surface area (Å²) in [5.74, 6) is 0. The van der Waals surface area contributed by atoms with E-state index in [0.717, 1.165) is 24.8 Å². The normalized spacial score (nSPS) is 23.2. The topological polar surface area (TPSA) is 70.4 Å². The van der Waals surface area contributed by atoms with E-state index in [2.05, 4.69) is 0 Å². The molecule has 106 valence electrons. The summed E-state index contributed by atoms with van der Waals surface area (Å²) >= 11 is 0. The summed E-state index contributed by atoms with van der Waals surface area (Å²) in [5.41, 5.74) is 2.36. The fraction of sp³-hybridized carbons (Fsp3) is 0.500. The van der Waals surface area contributed by atoms with Crippen LogP contribution in [0.2, 0.25) is 0 Å². The van der Waals surface area contributed by atoms with E-state index in [9.17, 15) is 8.42 Å². The maximum Gasteiger partial charge on any atom is 0.244 e. The highest BCUT2D eigenvalue weighted by atomic mass is 32.2. The zero-order valence-electron chi connectivity index (χ0n) is 11.1. The number of rotatable bonds is 2. The predicted molar refractivity (Wildman–Crippen MR) is 72.6 cm³/mol. The first-order chi connectivity index (χ1) is 9.63. The molecule has 0 saturated carbocycles. The second kappa shape index (κ2) is 5.17. The van der Waals surface area contributed by atoms with Crippen LogP contribution >= 0.6 is 0 Å². The molecule has 1 aromatic carbocycles. The Labute approximate surface area is 118 Å². The van der Waals surface area contributed by atoms with E-state index < -0.39 is 16.1 Å². The van der Waals surface area contributed by atoms with Gasteiger partial charge >= 0.3 is 0 Å². The van der Waals surface area contributed by atoms with Crippen LogP contribution in [0, 0.1) is 11.3 Å². The molecule has 0 radical (unpaired) electrons. The summed E-state index contributed by atoms with van der Waals surface area (Å²) in [7, 11) is -3.61. The standard InChI is InChI=1S/C14H16N2O3S/c15-9-13-10-19-7-6-16(13)20(17,18)14-5-4-11-2-1-3-12(11)8-14/h4-5,8,13H,1-3,6-7,10H2/t13-/m0/s1. The first-order valence-electron chi connectivity index (χ1n) is 6.74. The molecule has 1 heterocycles. The molecule has 1 aliphatic carbocycles. The number of hydrogen-bond acceptors (Lipinski definition) is 4. The van der Waals surface area contributed by atoms with Gasteiger partial charge in [0.05, 0.1) is 24.2 Å². The van der Waals surface area contributed by atoms with Gasteiger partial charge in [-0.15, -0.1) is 0 Å². The van der Waals surface area contributed by atoms with Gasteiger partial charge in [-0.1, -0.05) is 6.07 Å². The molecule has 0 N–H and O–H groups in total. The number of fused-ring (bicyclic) bond motifs is 1. The van der Waals surface area contributed by atoms with E-state index >= 15 is 0 Å². The lowest BCUT2D eigenvalue weighted by molar-refractivity contribution is 0.0511. The Morgan fingerprint density at radius 1 is 1.30 bits per heavy atom. The van der Waals surface area contributed by atoms with Crippen LogP contribution in [-0.2, 0) is 27.6 Å². The molecular weight excluding hydrogens is 276 g/mol. The molecule has 0 unspecified atom stereocenters. The molecule has 1 aliphatic heterocycles. The number of hydrogen-bond donors (Lipinski definition) is 0. The van der Waals surface area contributed by atoms with Crippen molar-refractivity contribution in [1.29, 1.82) is 5.26 Å². The molecule has 3 rings (SSSR count). The molecule has 2 aliphatic rings. The third-order valence-electron chi connectivity index (χ3n) is 3.90. The van der Waals surface area contributed by atoms with Crippen molar-refractivity contribution in [2.45, 2.75) is 30.2 Å². The van der Waals surface area contributed by atoms with Crippen LogP contribution in [0.3, 0.4) is 0 Å². The fourth-order valence-electron chi connectivity index (χ4n) is 2.82. The van der Waals surface area contributed by atoms with Crippen LogP contribution in [0.15, 0.2) is 23.1 Å². The lowest BCUT2D eigenvalue weighted by Gasteiger charge is -2.30. The van der Waals surface area contributed by atoms with Gasteiger partial charge in [-0.05, 0) is 42.5 Å². The Morgan fingerprint density at radius 3 is 2.90 bits per heavy atom. The first-order valence-corrected chi connectivity index (χ1v) is 8.18. The molecule has 1 fully saturated rings. The molecule has 0 spiro atoms. The molecule has 20 heavy (non-hydrogen) atoms. The Kier molecular flexibility index (Phi) is 3.50. The maximum atomic E-state index is 12.7. The number of sulfonamides is 1. The van der Waals surface area contributed by atoms with Crippen molar-refractivity contribution < 1.29 is 13.2 Å². The highest BCUT2D eigenvalue weighted by molar-refractivity contribution is 7.89. The number of morpholine rings is 1. The monoisotopic (exact) mass is 292 g/mol. The zero-order chi connectivity index (χ0) is 14.2. The van der Waals surface area contributed by atoms with E-state index in [1.807, 2.05) is 12.1 Å². The number of nitriles is 1. The van der Waals surface area contributed by atoms with Crippen molar-refractivity contribution in [1.82, 2.24) is 4.31 Å². The Morgan fingerprint density at radius 2 is 2.10 bits per heavy atom. The van der Waals surface area contributed by atoms with Gasteiger partial charge in [0.15, 0.2) is 0 Å². The number of benzene rings is 1. The second-order valence-electron chi connectivity index (χ2n) is 5.12. The van der Waals surface area contributed by atoms with Crippen molar-refractivity contribution in [3.05, 3.63) is 29.3 Å². The quantitative estimate of drug-likeness (QED) is 0.818. The third kappa shape index (κ3) is 2.22. The van der Waals surface area contributed by atoms with Crippen molar-refractivity contribution in [3.63, 3.8) is 0 Å². The van der Waals surface area contributed by atoms with E-state index in [1.165, 1.54) is 9.87 Å². The van der Waals surface area contributed by atoms with Crippen molar-refractivity contribution in [2.75, 3.05) is 19.8 Å². The van der Waals surface area contributed by atoms with Crippen molar-refractivity contribution in [3.8, 4) is 6.07 Å². The SMILES string of the molecule is N#C[C@H]1COCCN1S(=O)(=O)c1ccc2c(c1)CCC2. The summed E-state index contributed by atoms with van der Waals surface area (Å²) in [5, 5.41) is 9.09. The predicted octanol–water partition coefficient (Wildman–Crippen LogP) is 1.09. The minimum absolute atomic E-state index is 0.140. The average molecular weight is 292 g/mol. The Balaban J connectivity index is 1.97. The molecule has 1 saturated heterocycles. The largest absolute Gasteiger partial charge is 0.377 e. The average Bonchev–Trinajstić information content (AvgIpc) is 2.94. The van der Waals surface area contributed by atoms with Crippen LogP contribution in [0.25, 0.3) is 0 Å². The molecular formula is C14H16N2O3S. The van der Waals surface area contributed by atoms with Gasteiger partial charge in [0, 0.05) is 6.54 Å². The van der Waals surface area contributed by atoms with Gasteiger partial charge < -0.3 is 4.74 Å². The maximum absolute atomic E-state index is 12.7. The van der Waals surface area contributed by atoms with Gasteiger partial charge in [-0.2, -0.15) is 9.57 Å². The molecule has 0 amide bonds. The van der Waals surface area contributed by atoms with E-state index in [1.54, 1.807) is 12.1 Å². The fourth-order valence-corrected chi connectivity index (χ4v) is 4.38. The minimum atomic E-state index is -3.61. The van der Waals surface area contributed by atoms with Crippen molar-refractivity contribution in [2.24, 2.45) is 0 Å². The molecule has 1 aromatic rings. The smallest absolute Gasteiger partial charge is 0.244 e. The number of nitrogens with zero attached hydrogens (tertiary/aromatic N) is 2. The minimum Gasteiger partial charge on any atom is -0.377 e. The highest BCUT2D eigenvalue weighted by Gasteiger charge is 2.34. The first kappa shape index (κ1) is 13.6. The molecule has 1 atom stereocenters.